The summed E-state index contributed by atoms with van der Waals surface area (Å²) >= 11 is 6.06. The Morgan fingerprint density at radius 1 is 1.16 bits per heavy atom. The molecule has 3 heteroatoms. The molecule has 98 valence electrons. The van der Waals surface area contributed by atoms with Crippen LogP contribution in [0.2, 0.25) is 5.02 Å². The van der Waals surface area contributed by atoms with Gasteiger partial charge in [0.2, 0.25) is 0 Å². The van der Waals surface area contributed by atoms with E-state index in [1.165, 1.54) is 25.7 Å². The summed E-state index contributed by atoms with van der Waals surface area (Å²) in [6.45, 7) is 0. The fraction of sp³-hybridized carbons (Fsp3) is 0.312. The van der Waals surface area contributed by atoms with Crippen LogP contribution in [0.25, 0.3) is 11.1 Å². The van der Waals surface area contributed by atoms with Gasteiger partial charge in [0.25, 0.3) is 0 Å². The lowest BCUT2D eigenvalue weighted by molar-refractivity contribution is 0.700. The maximum absolute atomic E-state index is 6.34. The molecule has 3 rings (SSSR count). The minimum Gasteiger partial charge on any atom is -0.397 e. The number of pyridine rings is 1. The molecule has 0 unspecified atom stereocenters. The lowest BCUT2D eigenvalue weighted by atomic mass is 9.96. The predicted octanol–water partition coefficient (Wildman–Crippen LogP) is 4.64. The van der Waals surface area contributed by atoms with E-state index in [-0.39, 0.29) is 0 Å². The zero-order chi connectivity index (χ0) is 13.2. The maximum Gasteiger partial charge on any atom is 0.0669 e. The van der Waals surface area contributed by atoms with Crippen LogP contribution in [-0.4, -0.2) is 4.98 Å². The minimum absolute atomic E-state index is 0.527. The van der Waals surface area contributed by atoms with Gasteiger partial charge in [-0.05, 0) is 36.6 Å². The molecule has 0 amide bonds. The van der Waals surface area contributed by atoms with E-state index in [9.17, 15) is 0 Å². The first kappa shape index (κ1) is 12.5. The molecule has 0 spiro atoms. The molecular weight excluding hydrogens is 256 g/mol. The lowest BCUT2D eigenvalue weighted by Gasteiger charge is -2.15. The van der Waals surface area contributed by atoms with Crippen molar-refractivity contribution in [2.45, 2.75) is 31.6 Å². The molecule has 1 aliphatic carbocycles. The van der Waals surface area contributed by atoms with Crippen LogP contribution in [0, 0.1) is 0 Å². The van der Waals surface area contributed by atoms with Crippen LogP contribution in [0.1, 0.15) is 37.3 Å². The Kier molecular flexibility index (Phi) is 3.43. The van der Waals surface area contributed by atoms with E-state index in [1.807, 2.05) is 36.5 Å². The van der Waals surface area contributed by atoms with E-state index in [1.54, 1.807) is 0 Å². The number of aromatic nitrogens is 1. The third kappa shape index (κ3) is 2.45. The molecule has 19 heavy (non-hydrogen) atoms. The van der Waals surface area contributed by atoms with Crippen molar-refractivity contribution in [3.05, 3.63) is 47.2 Å². The third-order valence-electron chi connectivity index (χ3n) is 3.90. The third-order valence-corrected chi connectivity index (χ3v) is 4.13. The second-order valence-corrected chi connectivity index (χ2v) is 5.59. The average Bonchev–Trinajstić information content (AvgIpc) is 2.93. The first-order chi connectivity index (χ1) is 9.25. The first-order valence-corrected chi connectivity index (χ1v) is 7.14. The number of hydrogen-bond donors (Lipinski definition) is 1. The number of nitrogens with zero attached hydrogens (tertiary/aromatic N) is 1. The molecule has 1 aromatic heterocycles. The van der Waals surface area contributed by atoms with Gasteiger partial charge in [0.15, 0.2) is 0 Å². The van der Waals surface area contributed by atoms with E-state index < -0.39 is 0 Å². The smallest absolute Gasteiger partial charge is 0.0669 e. The highest BCUT2D eigenvalue weighted by Gasteiger charge is 2.21. The van der Waals surface area contributed by atoms with Gasteiger partial charge in [-0.15, -0.1) is 0 Å². The van der Waals surface area contributed by atoms with Gasteiger partial charge in [-0.25, -0.2) is 0 Å². The molecule has 2 nitrogen and oxygen atoms in total. The molecule has 1 heterocycles. The Morgan fingerprint density at radius 3 is 2.68 bits per heavy atom. The lowest BCUT2D eigenvalue weighted by Crippen LogP contribution is -2.04. The summed E-state index contributed by atoms with van der Waals surface area (Å²) in [5.41, 5.74) is 10.3. The molecule has 0 aliphatic heterocycles. The van der Waals surface area contributed by atoms with Gasteiger partial charge in [-0.2, -0.15) is 0 Å². The van der Waals surface area contributed by atoms with Crippen LogP contribution in [0.3, 0.4) is 0 Å². The molecule has 1 saturated carbocycles. The fourth-order valence-corrected chi connectivity index (χ4v) is 3.11. The average molecular weight is 273 g/mol. The van der Waals surface area contributed by atoms with Crippen molar-refractivity contribution < 1.29 is 0 Å². The fourth-order valence-electron chi connectivity index (χ4n) is 2.92. The predicted molar refractivity (Wildman–Crippen MR) is 80.3 cm³/mol. The van der Waals surface area contributed by atoms with E-state index in [0.29, 0.717) is 5.92 Å². The maximum atomic E-state index is 6.34. The number of benzene rings is 1. The van der Waals surface area contributed by atoms with Gasteiger partial charge in [0.1, 0.15) is 0 Å². The molecule has 0 atom stereocenters. The monoisotopic (exact) mass is 272 g/mol. The number of nitrogens with two attached hydrogens (primary N) is 1. The van der Waals surface area contributed by atoms with E-state index in [4.69, 9.17) is 17.3 Å². The number of anilines is 1. The highest BCUT2D eigenvalue weighted by Crippen LogP contribution is 2.39. The van der Waals surface area contributed by atoms with Crippen LogP contribution >= 0.6 is 11.6 Å². The Balaban J connectivity index is 2.05. The summed E-state index contributed by atoms with van der Waals surface area (Å²) in [5, 5.41) is 0.733. The van der Waals surface area contributed by atoms with Crippen molar-refractivity contribution in [3.8, 4) is 11.1 Å². The van der Waals surface area contributed by atoms with Crippen molar-refractivity contribution in [2.24, 2.45) is 0 Å². The second kappa shape index (κ2) is 5.22. The number of hydrogen-bond acceptors (Lipinski definition) is 2. The minimum atomic E-state index is 0.527. The summed E-state index contributed by atoms with van der Waals surface area (Å²) in [6, 6.07) is 9.79. The SMILES string of the molecule is Nc1c(-c2cccc(Cl)c2)ccnc1C1CCCC1. The molecule has 2 aromatic rings. The van der Waals surface area contributed by atoms with Crippen LogP contribution in [0.5, 0.6) is 0 Å². The Hall–Kier alpha value is -1.54. The molecular formula is C16H17ClN2. The largest absolute Gasteiger partial charge is 0.397 e. The van der Waals surface area contributed by atoms with Crippen molar-refractivity contribution in [1.29, 1.82) is 0 Å². The van der Waals surface area contributed by atoms with Crippen molar-refractivity contribution in [2.75, 3.05) is 5.73 Å². The Labute approximate surface area is 118 Å². The van der Waals surface area contributed by atoms with Crippen LogP contribution in [0.4, 0.5) is 5.69 Å². The van der Waals surface area contributed by atoms with Gasteiger partial charge in [0, 0.05) is 22.7 Å². The second-order valence-electron chi connectivity index (χ2n) is 5.15. The van der Waals surface area contributed by atoms with Crippen LogP contribution in [0.15, 0.2) is 36.5 Å². The van der Waals surface area contributed by atoms with E-state index in [0.717, 1.165) is 27.5 Å². The summed E-state index contributed by atoms with van der Waals surface area (Å²) in [6.07, 6.45) is 6.84. The summed E-state index contributed by atoms with van der Waals surface area (Å²) in [7, 11) is 0. The Morgan fingerprint density at radius 2 is 1.95 bits per heavy atom. The van der Waals surface area contributed by atoms with Gasteiger partial charge >= 0.3 is 0 Å². The van der Waals surface area contributed by atoms with Gasteiger partial charge in [0.05, 0.1) is 11.4 Å². The van der Waals surface area contributed by atoms with Crippen molar-refractivity contribution in [1.82, 2.24) is 4.98 Å². The van der Waals surface area contributed by atoms with Crippen molar-refractivity contribution in [3.63, 3.8) is 0 Å². The van der Waals surface area contributed by atoms with Crippen LogP contribution in [-0.2, 0) is 0 Å². The zero-order valence-electron chi connectivity index (χ0n) is 10.8. The topological polar surface area (TPSA) is 38.9 Å². The van der Waals surface area contributed by atoms with E-state index in [2.05, 4.69) is 4.98 Å². The number of halogens is 1. The van der Waals surface area contributed by atoms with E-state index >= 15 is 0 Å². The highest BCUT2D eigenvalue weighted by atomic mass is 35.5. The molecule has 1 aromatic carbocycles. The van der Waals surface area contributed by atoms with Crippen molar-refractivity contribution >= 4 is 17.3 Å². The normalized spacial score (nSPS) is 15.8. The number of rotatable bonds is 2. The summed E-state index contributed by atoms with van der Waals surface area (Å²) in [5.74, 6) is 0.527. The molecule has 2 N–H and O–H groups in total. The van der Waals surface area contributed by atoms with Crippen LogP contribution < -0.4 is 5.73 Å². The van der Waals surface area contributed by atoms with Gasteiger partial charge in [-0.1, -0.05) is 36.6 Å². The Bertz CT molecular complexity index is 589. The standard InChI is InChI=1S/C16H17ClN2/c17-13-7-3-6-12(10-13)14-8-9-19-16(15(14)18)11-4-1-2-5-11/h3,6-11H,1-2,4-5,18H2. The van der Waals surface area contributed by atoms with Gasteiger partial charge in [-0.3, -0.25) is 4.98 Å². The first-order valence-electron chi connectivity index (χ1n) is 6.76. The number of nitrogen functional groups attached to an aromatic ring is 1. The highest BCUT2D eigenvalue weighted by molar-refractivity contribution is 6.30. The molecule has 1 aliphatic rings. The molecule has 0 radical (unpaired) electrons. The van der Waals surface area contributed by atoms with Gasteiger partial charge < -0.3 is 5.73 Å². The summed E-state index contributed by atoms with van der Waals surface area (Å²) < 4.78 is 0. The molecule has 1 fully saturated rings. The summed E-state index contributed by atoms with van der Waals surface area (Å²) in [4.78, 5) is 4.51. The molecule has 0 bridgehead atoms. The quantitative estimate of drug-likeness (QED) is 0.865. The molecule has 0 saturated heterocycles. The zero-order valence-corrected chi connectivity index (χ0v) is 11.5.